The van der Waals surface area contributed by atoms with Gasteiger partial charge in [-0.3, -0.25) is 0 Å². The van der Waals surface area contributed by atoms with Crippen LogP contribution in [0.2, 0.25) is 0 Å². The molecule has 0 atom stereocenters. The molecule has 0 aliphatic carbocycles. The van der Waals surface area contributed by atoms with Crippen LogP contribution in [-0.2, 0) is 6.42 Å². The molecule has 5 heteroatoms. The van der Waals surface area contributed by atoms with Crippen LogP contribution in [0.5, 0.6) is 0 Å². The van der Waals surface area contributed by atoms with Crippen molar-refractivity contribution in [1.29, 1.82) is 0 Å². The van der Waals surface area contributed by atoms with Crippen molar-refractivity contribution in [3.05, 3.63) is 51.2 Å². The van der Waals surface area contributed by atoms with Crippen LogP contribution in [0, 0.1) is 9.39 Å². The molecule has 1 N–H and O–H groups in total. The second kappa shape index (κ2) is 6.08. The summed E-state index contributed by atoms with van der Waals surface area (Å²) in [6.45, 7) is 2.85. The quantitative estimate of drug-likeness (QED) is 0.854. The second-order valence-corrected chi connectivity index (χ2v) is 4.98. The standard InChI is InChI=1S/C13H13FIN3/c1-2-16-13-11(15)8-17-12(18-13)7-9-3-5-10(14)6-4-9/h3-6,8H,2,7H2,1H3,(H,16,17,18). The Balaban J connectivity index is 2.18. The predicted molar refractivity (Wildman–Crippen MR) is 78.1 cm³/mol. The molecule has 3 nitrogen and oxygen atoms in total. The molecule has 94 valence electrons. The van der Waals surface area contributed by atoms with E-state index in [1.54, 1.807) is 18.3 Å². The number of nitrogens with zero attached hydrogens (tertiary/aromatic N) is 2. The number of halogens is 2. The molecule has 1 aromatic carbocycles. The Morgan fingerprint density at radius 2 is 2.00 bits per heavy atom. The third-order valence-electron chi connectivity index (χ3n) is 2.41. The summed E-state index contributed by atoms with van der Waals surface area (Å²) >= 11 is 2.20. The number of hydrogen-bond acceptors (Lipinski definition) is 3. The minimum atomic E-state index is -0.226. The van der Waals surface area contributed by atoms with Crippen molar-refractivity contribution in [2.24, 2.45) is 0 Å². The van der Waals surface area contributed by atoms with Crippen molar-refractivity contribution in [2.75, 3.05) is 11.9 Å². The van der Waals surface area contributed by atoms with Crippen LogP contribution in [-0.4, -0.2) is 16.5 Å². The molecular formula is C13H13FIN3. The Hall–Kier alpha value is -1.24. The van der Waals surface area contributed by atoms with E-state index >= 15 is 0 Å². The first-order chi connectivity index (χ1) is 8.69. The van der Waals surface area contributed by atoms with Crippen molar-refractivity contribution in [3.8, 4) is 0 Å². The minimum Gasteiger partial charge on any atom is -0.369 e. The Bertz CT molecular complexity index is 528. The van der Waals surface area contributed by atoms with Gasteiger partial charge in [0.25, 0.3) is 0 Å². The molecular weight excluding hydrogens is 344 g/mol. The Labute approximate surface area is 119 Å². The molecule has 0 radical (unpaired) electrons. The summed E-state index contributed by atoms with van der Waals surface area (Å²) in [6.07, 6.45) is 2.40. The zero-order valence-electron chi connectivity index (χ0n) is 9.95. The molecule has 0 amide bonds. The van der Waals surface area contributed by atoms with E-state index < -0.39 is 0 Å². The third kappa shape index (κ3) is 3.38. The molecule has 0 saturated heterocycles. The summed E-state index contributed by atoms with van der Waals surface area (Å²) in [4.78, 5) is 8.74. The summed E-state index contributed by atoms with van der Waals surface area (Å²) in [5, 5.41) is 3.19. The lowest BCUT2D eigenvalue weighted by Crippen LogP contribution is -2.06. The van der Waals surface area contributed by atoms with Crippen molar-refractivity contribution in [3.63, 3.8) is 0 Å². The topological polar surface area (TPSA) is 37.8 Å². The molecule has 1 heterocycles. The second-order valence-electron chi connectivity index (χ2n) is 3.82. The van der Waals surface area contributed by atoms with Gasteiger partial charge < -0.3 is 5.32 Å². The monoisotopic (exact) mass is 357 g/mol. The first kappa shape index (κ1) is 13.2. The van der Waals surface area contributed by atoms with Crippen molar-refractivity contribution < 1.29 is 4.39 Å². The average molecular weight is 357 g/mol. The largest absolute Gasteiger partial charge is 0.369 e. The van der Waals surface area contributed by atoms with Gasteiger partial charge in [0.2, 0.25) is 0 Å². The SMILES string of the molecule is CCNc1nc(Cc2ccc(F)cc2)ncc1I. The summed E-state index contributed by atoms with van der Waals surface area (Å²) in [5.41, 5.74) is 1.00. The van der Waals surface area contributed by atoms with Gasteiger partial charge in [-0.25, -0.2) is 14.4 Å². The molecule has 2 aromatic rings. The maximum atomic E-state index is 12.8. The molecule has 18 heavy (non-hydrogen) atoms. The fourth-order valence-electron chi connectivity index (χ4n) is 1.57. The number of aromatic nitrogens is 2. The van der Waals surface area contributed by atoms with E-state index in [2.05, 4.69) is 37.9 Å². The molecule has 1 aromatic heterocycles. The van der Waals surface area contributed by atoms with Gasteiger partial charge in [-0.2, -0.15) is 0 Å². The normalized spacial score (nSPS) is 10.4. The molecule has 0 unspecified atom stereocenters. The van der Waals surface area contributed by atoms with Gasteiger partial charge in [-0.05, 0) is 47.2 Å². The molecule has 0 aliphatic rings. The average Bonchev–Trinajstić information content (AvgIpc) is 2.37. The van der Waals surface area contributed by atoms with Crippen LogP contribution in [0.1, 0.15) is 18.3 Å². The van der Waals surface area contributed by atoms with Crippen LogP contribution >= 0.6 is 22.6 Å². The number of benzene rings is 1. The van der Waals surface area contributed by atoms with Crippen LogP contribution < -0.4 is 5.32 Å². The van der Waals surface area contributed by atoms with Gasteiger partial charge in [0.1, 0.15) is 17.5 Å². The van der Waals surface area contributed by atoms with E-state index in [4.69, 9.17) is 0 Å². The molecule has 0 fully saturated rings. The number of nitrogens with one attached hydrogen (secondary N) is 1. The molecule has 0 spiro atoms. The van der Waals surface area contributed by atoms with Crippen LogP contribution in [0.15, 0.2) is 30.5 Å². The van der Waals surface area contributed by atoms with Crippen molar-refractivity contribution >= 4 is 28.4 Å². The number of anilines is 1. The number of hydrogen-bond donors (Lipinski definition) is 1. The summed E-state index contributed by atoms with van der Waals surface area (Å²) < 4.78 is 13.8. The zero-order valence-corrected chi connectivity index (χ0v) is 12.1. The van der Waals surface area contributed by atoms with Crippen LogP contribution in [0.25, 0.3) is 0 Å². The highest BCUT2D eigenvalue weighted by Gasteiger charge is 2.05. The van der Waals surface area contributed by atoms with Gasteiger partial charge in [-0.1, -0.05) is 12.1 Å². The summed E-state index contributed by atoms with van der Waals surface area (Å²) in [5.74, 6) is 1.36. The predicted octanol–water partition coefficient (Wildman–Crippen LogP) is 3.24. The molecule has 0 aliphatic heterocycles. The van der Waals surface area contributed by atoms with E-state index in [9.17, 15) is 4.39 Å². The van der Waals surface area contributed by atoms with E-state index in [1.165, 1.54) is 12.1 Å². The van der Waals surface area contributed by atoms with Gasteiger partial charge in [-0.15, -0.1) is 0 Å². The fraction of sp³-hybridized carbons (Fsp3) is 0.231. The summed E-state index contributed by atoms with van der Waals surface area (Å²) in [6, 6.07) is 6.41. The minimum absolute atomic E-state index is 0.226. The molecule has 2 rings (SSSR count). The third-order valence-corrected chi connectivity index (χ3v) is 3.20. The number of rotatable bonds is 4. The van der Waals surface area contributed by atoms with Gasteiger partial charge in [0.05, 0.1) is 3.57 Å². The Morgan fingerprint density at radius 3 is 2.67 bits per heavy atom. The highest BCUT2D eigenvalue weighted by molar-refractivity contribution is 14.1. The van der Waals surface area contributed by atoms with Crippen molar-refractivity contribution in [2.45, 2.75) is 13.3 Å². The lowest BCUT2D eigenvalue weighted by molar-refractivity contribution is 0.627. The first-order valence-corrected chi connectivity index (χ1v) is 6.76. The van der Waals surface area contributed by atoms with Crippen LogP contribution in [0.4, 0.5) is 10.2 Å². The van der Waals surface area contributed by atoms with E-state index in [0.717, 1.165) is 27.3 Å². The van der Waals surface area contributed by atoms with Crippen LogP contribution in [0.3, 0.4) is 0 Å². The van der Waals surface area contributed by atoms with Crippen molar-refractivity contribution in [1.82, 2.24) is 9.97 Å². The molecule has 0 bridgehead atoms. The smallest absolute Gasteiger partial charge is 0.143 e. The highest BCUT2D eigenvalue weighted by atomic mass is 127. The van der Waals surface area contributed by atoms with E-state index in [-0.39, 0.29) is 5.82 Å². The van der Waals surface area contributed by atoms with Gasteiger partial charge in [0.15, 0.2) is 0 Å². The van der Waals surface area contributed by atoms with E-state index in [0.29, 0.717) is 6.42 Å². The Morgan fingerprint density at radius 1 is 1.28 bits per heavy atom. The lowest BCUT2D eigenvalue weighted by Gasteiger charge is -2.07. The Kier molecular flexibility index (Phi) is 4.46. The highest BCUT2D eigenvalue weighted by Crippen LogP contribution is 2.15. The van der Waals surface area contributed by atoms with E-state index in [1.807, 2.05) is 6.92 Å². The fourth-order valence-corrected chi connectivity index (χ4v) is 2.02. The first-order valence-electron chi connectivity index (χ1n) is 5.68. The maximum absolute atomic E-state index is 12.8. The lowest BCUT2D eigenvalue weighted by atomic mass is 10.1. The maximum Gasteiger partial charge on any atom is 0.143 e. The molecule has 0 saturated carbocycles. The summed E-state index contributed by atoms with van der Waals surface area (Å²) in [7, 11) is 0. The van der Waals surface area contributed by atoms with Gasteiger partial charge >= 0.3 is 0 Å². The zero-order chi connectivity index (χ0) is 13.0. The van der Waals surface area contributed by atoms with Gasteiger partial charge in [0, 0.05) is 19.2 Å².